The fraction of sp³-hybridized carbons (Fsp3) is 0.185. The molecule has 2 N–H and O–H groups in total. The SMILES string of the molecule is COc1cccc(C(=O)[C@@H]2[C@H](c3cccnc3)[C@@](C#N)(C(N)=O)[C@H]3C=Cc4ccccc4N23)c1. The summed E-state index contributed by atoms with van der Waals surface area (Å²) in [6, 6.07) is 18.6. The number of para-hydroxylation sites is 1. The molecule has 0 radical (unpaired) electrons. The molecular weight excluding hydrogens is 428 g/mol. The summed E-state index contributed by atoms with van der Waals surface area (Å²) in [4.78, 5) is 33.4. The lowest BCUT2D eigenvalue weighted by Gasteiger charge is -2.36. The van der Waals surface area contributed by atoms with Gasteiger partial charge in [-0.05, 0) is 35.4 Å². The van der Waals surface area contributed by atoms with Crippen LogP contribution in [0.25, 0.3) is 6.08 Å². The fourth-order valence-electron chi connectivity index (χ4n) is 5.31. The van der Waals surface area contributed by atoms with Crippen molar-refractivity contribution >= 4 is 23.5 Å². The van der Waals surface area contributed by atoms with Gasteiger partial charge < -0.3 is 15.4 Å². The number of benzene rings is 2. The fourth-order valence-corrected chi connectivity index (χ4v) is 5.31. The van der Waals surface area contributed by atoms with E-state index in [0.29, 0.717) is 16.9 Å². The second-order valence-corrected chi connectivity index (χ2v) is 8.42. The number of carbonyl (C=O) groups is 2. The lowest BCUT2D eigenvalue weighted by molar-refractivity contribution is -0.125. The van der Waals surface area contributed by atoms with Gasteiger partial charge in [-0.1, -0.05) is 48.6 Å². The Hall–Kier alpha value is -4.44. The number of nitrogens with two attached hydrogens (primary N) is 1. The smallest absolute Gasteiger partial charge is 0.241 e. The topological polar surface area (TPSA) is 109 Å². The first-order chi connectivity index (χ1) is 16.5. The molecule has 1 fully saturated rings. The first kappa shape index (κ1) is 21.4. The van der Waals surface area contributed by atoms with Crippen LogP contribution in [-0.4, -0.2) is 35.9 Å². The average molecular weight is 450 g/mol. The number of carbonyl (C=O) groups excluding carboxylic acids is 2. The number of hydrogen-bond acceptors (Lipinski definition) is 6. The van der Waals surface area contributed by atoms with E-state index in [4.69, 9.17) is 10.5 Å². The van der Waals surface area contributed by atoms with Gasteiger partial charge in [-0.15, -0.1) is 0 Å². The molecule has 168 valence electrons. The van der Waals surface area contributed by atoms with Crippen LogP contribution in [0, 0.1) is 16.7 Å². The molecule has 2 aliphatic heterocycles. The van der Waals surface area contributed by atoms with Gasteiger partial charge in [-0.3, -0.25) is 14.6 Å². The quantitative estimate of drug-likeness (QED) is 0.597. The van der Waals surface area contributed by atoms with Crippen LogP contribution >= 0.6 is 0 Å². The van der Waals surface area contributed by atoms with E-state index in [0.717, 1.165) is 11.3 Å². The van der Waals surface area contributed by atoms with E-state index in [1.165, 1.54) is 7.11 Å². The molecule has 1 saturated heterocycles. The Morgan fingerprint density at radius 1 is 1.15 bits per heavy atom. The number of aromatic nitrogens is 1. The van der Waals surface area contributed by atoms with Crippen LogP contribution in [0.1, 0.15) is 27.4 Å². The summed E-state index contributed by atoms with van der Waals surface area (Å²) >= 11 is 0. The summed E-state index contributed by atoms with van der Waals surface area (Å²) in [6.45, 7) is 0. The zero-order chi connectivity index (χ0) is 23.9. The zero-order valence-electron chi connectivity index (χ0n) is 18.5. The van der Waals surface area contributed by atoms with Crippen LogP contribution in [-0.2, 0) is 4.79 Å². The summed E-state index contributed by atoms with van der Waals surface area (Å²) in [5, 5.41) is 10.5. The minimum absolute atomic E-state index is 0.235. The minimum atomic E-state index is -1.69. The molecule has 4 atom stereocenters. The Kier molecular flexibility index (Phi) is 5.14. The van der Waals surface area contributed by atoms with Crippen LogP contribution in [0.4, 0.5) is 5.69 Å². The molecule has 2 aromatic carbocycles. The van der Waals surface area contributed by atoms with Crippen molar-refractivity contribution in [1.82, 2.24) is 4.98 Å². The Morgan fingerprint density at radius 3 is 2.68 bits per heavy atom. The maximum Gasteiger partial charge on any atom is 0.241 e. The van der Waals surface area contributed by atoms with E-state index in [9.17, 15) is 14.9 Å². The molecule has 1 aromatic heterocycles. The van der Waals surface area contributed by atoms with Crippen molar-refractivity contribution in [1.29, 1.82) is 5.26 Å². The van der Waals surface area contributed by atoms with E-state index >= 15 is 0 Å². The first-order valence-corrected chi connectivity index (χ1v) is 10.9. The molecule has 3 aromatic rings. The summed E-state index contributed by atoms with van der Waals surface area (Å²) < 4.78 is 5.33. The van der Waals surface area contributed by atoms with Crippen molar-refractivity contribution in [2.75, 3.05) is 12.0 Å². The molecule has 1 amide bonds. The predicted octanol–water partition coefficient (Wildman–Crippen LogP) is 3.34. The second-order valence-electron chi connectivity index (χ2n) is 8.42. The number of anilines is 1. The maximum atomic E-state index is 14.2. The summed E-state index contributed by atoms with van der Waals surface area (Å²) in [5.41, 5.74) is 6.96. The predicted molar refractivity (Wildman–Crippen MR) is 127 cm³/mol. The van der Waals surface area contributed by atoms with Crippen LogP contribution in [0.3, 0.4) is 0 Å². The number of ether oxygens (including phenoxy) is 1. The first-order valence-electron chi connectivity index (χ1n) is 10.9. The van der Waals surface area contributed by atoms with Gasteiger partial charge in [0.15, 0.2) is 11.2 Å². The summed E-state index contributed by atoms with van der Waals surface area (Å²) in [7, 11) is 1.53. The van der Waals surface area contributed by atoms with Crippen molar-refractivity contribution < 1.29 is 14.3 Å². The number of methoxy groups -OCH3 is 1. The highest BCUT2D eigenvalue weighted by atomic mass is 16.5. The molecule has 7 nitrogen and oxygen atoms in total. The molecule has 0 saturated carbocycles. The number of Topliss-reactive ketones (excluding diaryl/α,β-unsaturated/α-hetero) is 1. The summed E-state index contributed by atoms with van der Waals surface area (Å²) in [5.74, 6) is -1.31. The second kappa shape index (κ2) is 8.16. The van der Waals surface area contributed by atoms with Crippen LogP contribution < -0.4 is 15.4 Å². The number of rotatable bonds is 5. The van der Waals surface area contributed by atoms with Crippen molar-refractivity contribution in [3.63, 3.8) is 0 Å². The number of primary amides is 1. The lowest BCUT2D eigenvalue weighted by Crippen LogP contribution is -2.49. The van der Waals surface area contributed by atoms with Gasteiger partial charge in [-0.2, -0.15) is 5.26 Å². The molecule has 0 unspecified atom stereocenters. The van der Waals surface area contributed by atoms with Crippen molar-refractivity contribution in [2.45, 2.75) is 18.0 Å². The molecule has 0 bridgehead atoms. The third-order valence-electron chi connectivity index (χ3n) is 6.80. The number of ketones is 1. The minimum Gasteiger partial charge on any atom is -0.497 e. The van der Waals surface area contributed by atoms with Gasteiger partial charge in [0, 0.05) is 29.6 Å². The molecule has 5 rings (SSSR count). The normalized spacial score (nSPS) is 24.6. The van der Waals surface area contributed by atoms with Gasteiger partial charge in [0.1, 0.15) is 11.8 Å². The monoisotopic (exact) mass is 450 g/mol. The lowest BCUT2D eigenvalue weighted by atomic mass is 9.68. The Labute approximate surface area is 197 Å². The highest BCUT2D eigenvalue weighted by Crippen LogP contribution is 2.55. The molecular formula is C27H22N4O3. The number of nitrogens with zero attached hydrogens (tertiary/aromatic N) is 3. The number of nitriles is 1. The van der Waals surface area contributed by atoms with Crippen molar-refractivity contribution in [2.24, 2.45) is 11.1 Å². The van der Waals surface area contributed by atoms with Gasteiger partial charge in [0.2, 0.25) is 5.91 Å². The molecule has 7 heteroatoms. The zero-order valence-corrected chi connectivity index (χ0v) is 18.5. The van der Waals surface area contributed by atoms with Gasteiger partial charge in [-0.25, -0.2) is 0 Å². The largest absolute Gasteiger partial charge is 0.497 e. The molecule has 34 heavy (non-hydrogen) atoms. The van der Waals surface area contributed by atoms with Crippen molar-refractivity contribution in [3.8, 4) is 11.8 Å². The van der Waals surface area contributed by atoms with Gasteiger partial charge in [0.25, 0.3) is 0 Å². The average Bonchev–Trinajstić information content (AvgIpc) is 3.20. The van der Waals surface area contributed by atoms with E-state index < -0.39 is 29.3 Å². The number of amides is 1. The van der Waals surface area contributed by atoms with Crippen molar-refractivity contribution in [3.05, 3.63) is 95.8 Å². The van der Waals surface area contributed by atoms with Crippen LogP contribution in [0.15, 0.2) is 79.1 Å². The van der Waals surface area contributed by atoms with Crippen LogP contribution in [0.2, 0.25) is 0 Å². The van der Waals surface area contributed by atoms with E-state index in [-0.39, 0.29) is 5.78 Å². The van der Waals surface area contributed by atoms with E-state index in [1.807, 2.05) is 35.2 Å². The number of pyridine rings is 1. The highest BCUT2D eigenvalue weighted by molar-refractivity contribution is 6.06. The van der Waals surface area contributed by atoms with E-state index in [1.54, 1.807) is 54.9 Å². The third-order valence-corrected chi connectivity index (χ3v) is 6.80. The number of hydrogen-bond donors (Lipinski definition) is 1. The maximum absolute atomic E-state index is 14.2. The standard InChI is InChI=1S/C27H22N4O3/c1-34-20-9-4-7-18(14-20)25(32)24-23(19-8-5-13-30-15-19)27(16-28,26(29)33)22-12-11-17-6-2-3-10-21(17)31(22)24/h2-15,22-24H,1H3,(H2,29,33)/t22-,23+,24+,27+/m1/s1. The Morgan fingerprint density at radius 2 is 1.97 bits per heavy atom. The van der Waals surface area contributed by atoms with E-state index in [2.05, 4.69) is 11.1 Å². The summed E-state index contributed by atoms with van der Waals surface area (Å²) in [6.07, 6.45) is 6.89. The third kappa shape index (κ3) is 3.00. The molecule has 0 aliphatic carbocycles. The Balaban J connectivity index is 1.80. The highest BCUT2D eigenvalue weighted by Gasteiger charge is 2.65. The van der Waals surface area contributed by atoms with Gasteiger partial charge in [0.05, 0.1) is 19.2 Å². The number of fused-ring (bicyclic) bond motifs is 3. The molecule has 0 spiro atoms. The van der Waals surface area contributed by atoms with Gasteiger partial charge >= 0.3 is 0 Å². The molecule has 2 aliphatic rings. The Bertz CT molecular complexity index is 1350. The molecule has 3 heterocycles. The van der Waals surface area contributed by atoms with Crippen LogP contribution in [0.5, 0.6) is 5.75 Å².